The Kier molecular flexibility index (Phi) is 3.81. The van der Waals surface area contributed by atoms with Crippen molar-refractivity contribution in [1.82, 2.24) is 0 Å². The first-order valence-electron chi connectivity index (χ1n) is 3.83. The van der Waals surface area contributed by atoms with Crippen molar-refractivity contribution in [2.45, 2.75) is 6.10 Å². The number of terminal acetylenes is 1. The van der Waals surface area contributed by atoms with Crippen molar-refractivity contribution in [2.75, 3.05) is 7.11 Å². The molecule has 0 bridgehead atoms. The van der Waals surface area contributed by atoms with Gasteiger partial charge in [0.15, 0.2) is 27.8 Å². The normalized spacial score (nSPS) is 11.6. The minimum absolute atomic E-state index is 0.508. The fraction of sp³-hybridized carbons (Fsp3) is 0.200. The highest BCUT2D eigenvalue weighted by atomic mass is 79.9. The molecule has 14 heavy (non-hydrogen) atoms. The molecule has 1 aromatic carbocycles. The molecule has 0 fully saturated rings. The molecule has 74 valence electrons. The number of rotatable bonds is 3. The molecule has 1 unspecified atom stereocenters. The van der Waals surface area contributed by atoms with Gasteiger partial charge in [-0.2, -0.15) is 0 Å². The second kappa shape index (κ2) is 4.89. The van der Waals surface area contributed by atoms with Crippen molar-refractivity contribution in [1.29, 1.82) is 0 Å². The van der Waals surface area contributed by atoms with Crippen molar-refractivity contribution >= 4 is 16.3 Å². The standard InChI is InChI=1S/C10H9BrO3/c1-3-8(12)7-4-5-9(14-11)10(6-7)13-2/h1,4-6,8,12H,2H3. The molecule has 1 rings (SSSR count). The number of aliphatic hydroxyl groups excluding tert-OH is 1. The van der Waals surface area contributed by atoms with E-state index in [9.17, 15) is 5.11 Å². The van der Waals surface area contributed by atoms with Gasteiger partial charge in [0.2, 0.25) is 0 Å². The van der Waals surface area contributed by atoms with Crippen molar-refractivity contribution in [3.63, 3.8) is 0 Å². The summed E-state index contributed by atoms with van der Waals surface area (Å²) in [6.07, 6.45) is 4.16. The Bertz CT molecular complexity index is 357. The maximum Gasteiger partial charge on any atom is 0.179 e. The number of hydrogen-bond donors (Lipinski definition) is 1. The summed E-state index contributed by atoms with van der Waals surface area (Å²) in [4.78, 5) is 0. The summed E-state index contributed by atoms with van der Waals surface area (Å²) in [7, 11) is 1.51. The summed E-state index contributed by atoms with van der Waals surface area (Å²) in [5, 5.41) is 9.37. The molecule has 4 heteroatoms. The highest BCUT2D eigenvalue weighted by Gasteiger charge is 2.09. The molecule has 0 aliphatic heterocycles. The average molecular weight is 257 g/mol. The zero-order valence-corrected chi connectivity index (χ0v) is 9.11. The largest absolute Gasteiger partial charge is 0.493 e. The Hall–Kier alpha value is -1.18. The van der Waals surface area contributed by atoms with E-state index in [4.69, 9.17) is 15.0 Å². The lowest BCUT2D eigenvalue weighted by Crippen LogP contribution is -1.95. The molecule has 0 aliphatic carbocycles. The maximum atomic E-state index is 9.37. The molecular weight excluding hydrogens is 248 g/mol. The zero-order chi connectivity index (χ0) is 10.6. The highest BCUT2D eigenvalue weighted by molar-refractivity contribution is 9.06. The molecule has 0 aromatic heterocycles. The second-order valence-corrected chi connectivity index (χ2v) is 2.88. The summed E-state index contributed by atoms with van der Waals surface area (Å²) >= 11 is 2.84. The lowest BCUT2D eigenvalue weighted by atomic mass is 10.1. The Morgan fingerprint density at radius 1 is 1.50 bits per heavy atom. The van der Waals surface area contributed by atoms with E-state index in [2.05, 4.69) is 22.2 Å². The molecule has 1 atom stereocenters. The molecule has 0 radical (unpaired) electrons. The van der Waals surface area contributed by atoms with Gasteiger partial charge in [0.25, 0.3) is 0 Å². The zero-order valence-electron chi connectivity index (χ0n) is 7.53. The van der Waals surface area contributed by atoms with Crippen molar-refractivity contribution in [3.05, 3.63) is 23.8 Å². The maximum absolute atomic E-state index is 9.37. The van der Waals surface area contributed by atoms with Crippen LogP contribution < -0.4 is 8.57 Å². The SMILES string of the molecule is C#CC(O)c1ccc(OBr)c(OC)c1. The number of methoxy groups -OCH3 is 1. The van der Waals surface area contributed by atoms with Gasteiger partial charge in [-0.05, 0) is 17.7 Å². The van der Waals surface area contributed by atoms with E-state index in [1.54, 1.807) is 18.2 Å². The summed E-state index contributed by atoms with van der Waals surface area (Å²) < 4.78 is 9.90. The summed E-state index contributed by atoms with van der Waals surface area (Å²) in [6, 6.07) is 4.95. The molecule has 0 saturated heterocycles. The van der Waals surface area contributed by atoms with Gasteiger partial charge in [0.05, 0.1) is 7.11 Å². The quantitative estimate of drug-likeness (QED) is 0.842. The Morgan fingerprint density at radius 2 is 2.21 bits per heavy atom. The van der Waals surface area contributed by atoms with Crippen LogP contribution in [0.1, 0.15) is 11.7 Å². The first kappa shape index (κ1) is 10.9. The summed E-state index contributed by atoms with van der Waals surface area (Å²) in [5.41, 5.74) is 0.595. The molecule has 1 N–H and O–H groups in total. The van der Waals surface area contributed by atoms with Gasteiger partial charge in [0.1, 0.15) is 6.10 Å². The highest BCUT2D eigenvalue weighted by Crippen LogP contribution is 2.31. The molecule has 0 aliphatic rings. The summed E-state index contributed by atoms with van der Waals surface area (Å²) in [5.74, 6) is 3.25. The molecule has 0 amide bonds. The van der Waals surface area contributed by atoms with E-state index in [1.165, 1.54) is 7.11 Å². The smallest absolute Gasteiger partial charge is 0.179 e. The number of aliphatic hydroxyl groups is 1. The van der Waals surface area contributed by atoms with Gasteiger partial charge >= 0.3 is 0 Å². The third kappa shape index (κ3) is 2.19. The Morgan fingerprint density at radius 3 is 2.71 bits per heavy atom. The molecule has 0 saturated carbocycles. The van der Waals surface area contributed by atoms with Crippen LogP contribution in [0, 0.1) is 12.3 Å². The monoisotopic (exact) mass is 256 g/mol. The van der Waals surface area contributed by atoms with E-state index >= 15 is 0 Å². The first-order chi connectivity index (χ1) is 6.72. The van der Waals surface area contributed by atoms with E-state index in [0.717, 1.165) is 0 Å². The molecule has 0 spiro atoms. The van der Waals surface area contributed by atoms with Gasteiger partial charge in [-0.1, -0.05) is 12.0 Å². The fourth-order valence-corrected chi connectivity index (χ4v) is 1.28. The minimum Gasteiger partial charge on any atom is -0.493 e. The third-order valence-electron chi connectivity index (χ3n) is 1.74. The lowest BCUT2D eigenvalue weighted by Gasteiger charge is -2.09. The van der Waals surface area contributed by atoms with Crippen LogP contribution in [0.25, 0.3) is 0 Å². The first-order valence-corrected chi connectivity index (χ1v) is 4.48. The third-order valence-corrected chi connectivity index (χ3v) is 2.09. The number of benzene rings is 1. The lowest BCUT2D eigenvalue weighted by molar-refractivity contribution is 0.238. The molecular formula is C10H9BrO3. The van der Waals surface area contributed by atoms with E-state index in [0.29, 0.717) is 17.1 Å². The van der Waals surface area contributed by atoms with Crippen molar-refractivity contribution in [2.24, 2.45) is 0 Å². The van der Waals surface area contributed by atoms with Gasteiger partial charge in [-0.15, -0.1) is 6.42 Å². The topological polar surface area (TPSA) is 38.7 Å². The number of hydrogen-bond acceptors (Lipinski definition) is 3. The number of halogens is 1. The van der Waals surface area contributed by atoms with Crippen LogP contribution in [0.4, 0.5) is 0 Å². The predicted octanol–water partition coefficient (Wildman–Crippen LogP) is 2.05. The molecule has 0 heterocycles. The summed E-state index contributed by atoms with van der Waals surface area (Å²) in [6.45, 7) is 0. The van der Waals surface area contributed by atoms with Crippen LogP contribution >= 0.6 is 16.3 Å². The Balaban J connectivity index is 3.08. The van der Waals surface area contributed by atoms with Crippen molar-refractivity contribution < 1.29 is 13.7 Å². The van der Waals surface area contributed by atoms with E-state index < -0.39 is 6.10 Å². The molecule has 3 nitrogen and oxygen atoms in total. The van der Waals surface area contributed by atoms with E-state index in [1.807, 2.05) is 0 Å². The van der Waals surface area contributed by atoms with Crippen molar-refractivity contribution in [3.8, 4) is 23.8 Å². The van der Waals surface area contributed by atoms with Crippen LogP contribution in [0.5, 0.6) is 11.5 Å². The van der Waals surface area contributed by atoms with Crippen LogP contribution in [0.2, 0.25) is 0 Å². The van der Waals surface area contributed by atoms with Crippen LogP contribution in [0.15, 0.2) is 18.2 Å². The van der Waals surface area contributed by atoms with E-state index in [-0.39, 0.29) is 0 Å². The minimum atomic E-state index is -0.923. The number of ether oxygens (including phenoxy) is 1. The molecule has 1 aromatic rings. The van der Waals surface area contributed by atoms with Gasteiger partial charge < -0.3 is 13.7 Å². The van der Waals surface area contributed by atoms with Gasteiger partial charge in [-0.25, -0.2) is 0 Å². The van der Waals surface area contributed by atoms with Crippen LogP contribution in [0.3, 0.4) is 0 Å². The van der Waals surface area contributed by atoms with Crippen LogP contribution in [-0.4, -0.2) is 12.2 Å². The average Bonchev–Trinajstić information content (AvgIpc) is 2.26. The van der Waals surface area contributed by atoms with Gasteiger partial charge in [-0.3, -0.25) is 0 Å². The fourth-order valence-electron chi connectivity index (χ4n) is 1.01. The Labute approximate surface area is 91.1 Å². The van der Waals surface area contributed by atoms with Gasteiger partial charge in [0, 0.05) is 0 Å². The second-order valence-electron chi connectivity index (χ2n) is 2.56. The predicted molar refractivity (Wildman–Crippen MR) is 56.3 cm³/mol. The van der Waals surface area contributed by atoms with Crippen LogP contribution in [-0.2, 0) is 0 Å².